The van der Waals surface area contributed by atoms with Gasteiger partial charge in [0.1, 0.15) is 5.82 Å². The second-order valence-corrected chi connectivity index (χ2v) is 8.68. The number of fused-ring (bicyclic) bond motifs is 1. The molecule has 0 spiro atoms. The zero-order valence-electron chi connectivity index (χ0n) is 18.2. The minimum absolute atomic E-state index is 0.173. The molecule has 2 fully saturated rings. The molecule has 1 saturated carbocycles. The summed E-state index contributed by atoms with van der Waals surface area (Å²) in [5, 5.41) is 2.89. The second kappa shape index (κ2) is 8.38. The number of anilines is 1. The SMILES string of the molecule is Cn1c(=O)c(=O)n(C2CCN(c3ncc(C(=O)NCC4CC4)cn3)CC2)c2ncc(F)cc21. The number of nitrogens with one attached hydrogen (secondary N) is 1. The van der Waals surface area contributed by atoms with Crippen molar-refractivity contribution in [1.82, 2.24) is 29.4 Å². The van der Waals surface area contributed by atoms with Crippen molar-refractivity contribution in [2.24, 2.45) is 13.0 Å². The van der Waals surface area contributed by atoms with E-state index in [2.05, 4.69) is 20.3 Å². The summed E-state index contributed by atoms with van der Waals surface area (Å²) in [4.78, 5) is 52.1. The fraction of sp³-hybridized carbons (Fsp3) is 0.455. The van der Waals surface area contributed by atoms with E-state index in [-0.39, 0.29) is 17.5 Å². The molecule has 0 aromatic carbocycles. The van der Waals surface area contributed by atoms with Crippen molar-refractivity contribution in [2.45, 2.75) is 31.7 Å². The monoisotopic (exact) mass is 453 g/mol. The highest BCUT2D eigenvalue weighted by Gasteiger charge is 2.27. The number of carbonyl (C=O) groups is 1. The van der Waals surface area contributed by atoms with Gasteiger partial charge in [0.25, 0.3) is 5.91 Å². The molecule has 3 aromatic rings. The number of aryl methyl sites for hydroxylation is 1. The number of amides is 1. The Balaban J connectivity index is 1.31. The summed E-state index contributed by atoms with van der Waals surface area (Å²) in [6, 6.07) is 0.959. The van der Waals surface area contributed by atoms with Gasteiger partial charge >= 0.3 is 11.1 Å². The molecular weight excluding hydrogens is 429 g/mol. The summed E-state index contributed by atoms with van der Waals surface area (Å²) in [5.41, 5.74) is -0.386. The molecule has 3 aromatic heterocycles. The van der Waals surface area contributed by atoms with Crippen molar-refractivity contribution < 1.29 is 9.18 Å². The van der Waals surface area contributed by atoms with Crippen molar-refractivity contribution in [2.75, 3.05) is 24.5 Å². The summed E-state index contributed by atoms with van der Waals surface area (Å²) in [7, 11) is 1.44. The standard InChI is InChI=1S/C22H24FN7O3/c1-28-17-8-15(23)12-24-18(17)30(21(33)20(28)32)16-4-6-29(7-5-16)22-26-10-14(11-27-22)19(31)25-9-13-2-3-13/h8,10-13,16H,2-7,9H2,1H3,(H,25,31). The summed E-state index contributed by atoms with van der Waals surface area (Å²) < 4.78 is 16.2. The summed E-state index contributed by atoms with van der Waals surface area (Å²) in [5.74, 6) is 0.361. The van der Waals surface area contributed by atoms with Gasteiger partial charge in [-0.1, -0.05) is 0 Å². The Hall–Kier alpha value is -3.63. The van der Waals surface area contributed by atoms with Crippen LogP contribution in [0.4, 0.5) is 10.3 Å². The van der Waals surface area contributed by atoms with Gasteiger partial charge in [0.05, 0.1) is 17.3 Å². The van der Waals surface area contributed by atoms with Crippen LogP contribution in [0, 0.1) is 11.7 Å². The summed E-state index contributed by atoms with van der Waals surface area (Å²) in [6.07, 6.45) is 7.55. The predicted octanol–water partition coefficient (Wildman–Crippen LogP) is 1.01. The lowest BCUT2D eigenvalue weighted by Crippen LogP contribution is -2.45. The normalized spacial score (nSPS) is 16.8. The third-order valence-corrected chi connectivity index (χ3v) is 6.37. The fourth-order valence-electron chi connectivity index (χ4n) is 4.23. The summed E-state index contributed by atoms with van der Waals surface area (Å²) >= 11 is 0. The quantitative estimate of drug-likeness (QED) is 0.573. The van der Waals surface area contributed by atoms with Crippen molar-refractivity contribution in [1.29, 1.82) is 0 Å². The molecule has 5 rings (SSSR count). The molecule has 10 nitrogen and oxygen atoms in total. The van der Waals surface area contributed by atoms with Crippen LogP contribution < -0.4 is 21.3 Å². The van der Waals surface area contributed by atoms with E-state index >= 15 is 0 Å². The molecular formula is C22H24FN7O3. The molecule has 4 heterocycles. The molecule has 33 heavy (non-hydrogen) atoms. The smallest absolute Gasteiger partial charge is 0.318 e. The molecule has 0 radical (unpaired) electrons. The minimum atomic E-state index is -0.712. The number of hydrogen-bond acceptors (Lipinski definition) is 7. The third kappa shape index (κ3) is 4.10. The highest BCUT2D eigenvalue weighted by molar-refractivity contribution is 5.93. The van der Waals surface area contributed by atoms with Gasteiger partial charge in [0.2, 0.25) is 5.95 Å². The number of nitrogens with zero attached hydrogens (tertiary/aromatic N) is 6. The first-order chi connectivity index (χ1) is 15.9. The zero-order valence-corrected chi connectivity index (χ0v) is 18.2. The molecule has 1 saturated heterocycles. The van der Waals surface area contributed by atoms with Crippen LogP contribution in [0.15, 0.2) is 34.2 Å². The number of halogens is 1. The van der Waals surface area contributed by atoms with Crippen LogP contribution in [0.5, 0.6) is 0 Å². The maximum atomic E-state index is 13.7. The molecule has 1 aliphatic heterocycles. The van der Waals surface area contributed by atoms with Crippen LogP contribution in [0.1, 0.15) is 42.1 Å². The number of rotatable bonds is 5. The number of aromatic nitrogens is 5. The molecule has 1 aliphatic carbocycles. The Morgan fingerprint density at radius 1 is 1.06 bits per heavy atom. The number of piperidine rings is 1. The van der Waals surface area contributed by atoms with Crippen LogP contribution in [-0.4, -0.2) is 49.6 Å². The Morgan fingerprint density at radius 2 is 1.76 bits per heavy atom. The maximum absolute atomic E-state index is 13.7. The average molecular weight is 453 g/mol. The minimum Gasteiger partial charge on any atom is -0.352 e. The highest BCUT2D eigenvalue weighted by atomic mass is 19.1. The van der Waals surface area contributed by atoms with E-state index in [1.165, 1.54) is 30.1 Å². The molecule has 2 aliphatic rings. The maximum Gasteiger partial charge on any atom is 0.318 e. The largest absolute Gasteiger partial charge is 0.352 e. The van der Waals surface area contributed by atoms with E-state index in [0.29, 0.717) is 55.6 Å². The van der Waals surface area contributed by atoms with Crippen LogP contribution in [0.2, 0.25) is 0 Å². The molecule has 0 unspecified atom stereocenters. The Labute approximate surface area is 188 Å². The van der Waals surface area contributed by atoms with Gasteiger partial charge in [-0.05, 0) is 31.6 Å². The van der Waals surface area contributed by atoms with Crippen molar-refractivity contribution in [3.8, 4) is 0 Å². The predicted molar refractivity (Wildman–Crippen MR) is 119 cm³/mol. The molecule has 11 heteroatoms. The first-order valence-electron chi connectivity index (χ1n) is 11.0. The van der Waals surface area contributed by atoms with Crippen LogP contribution >= 0.6 is 0 Å². The van der Waals surface area contributed by atoms with Crippen molar-refractivity contribution >= 4 is 23.0 Å². The molecule has 172 valence electrons. The Morgan fingerprint density at radius 3 is 2.42 bits per heavy atom. The molecule has 1 amide bonds. The van der Waals surface area contributed by atoms with Crippen LogP contribution in [0.25, 0.3) is 11.2 Å². The highest BCUT2D eigenvalue weighted by Crippen LogP contribution is 2.28. The van der Waals surface area contributed by atoms with Gasteiger partial charge in [0, 0.05) is 51.2 Å². The fourth-order valence-corrected chi connectivity index (χ4v) is 4.23. The lowest BCUT2D eigenvalue weighted by Gasteiger charge is -2.33. The van der Waals surface area contributed by atoms with E-state index in [1.54, 1.807) is 0 Å². The van der Waals surface area contributed by atoms with E-state index in [0.717, 1.165) is 23.6 Å². The Kier molecular flexibility index (Phi) is 5.39. The van der Waals surface area contributed by atoms with Gasteiger partial charge in [-0.15, -0.1) is 0 Å². The zero-order chi connectivity index (χ0) is 23.1. The Bertz CT molecular complexity index is 1320. The first-order valence-corrected chi connectivity index (χ1v) is 11.0. The van der Waals surface area contributed by atoms with Crippen LogP contribution in [-0.2, 0) is 7.05 Å². The number of hydrogen-bond donors (Lipinski definition) is 1. The van der Waals surface area contributed by atoms with Gasteiger partial charge in [-0.2, -0.15) is 0 Å². The van der Waals surface area contributed by atoms with Crippen molar-refractivity contribution in [3.63, 3.8) is 0 Å². The number of carbonyl (C=O) groups excluding carboxylic acids is 1. The molecule has 1 N–H and O–H groups in total. The average Bonchev–Trinajstić information content (AvgIpc) is 3.67. The van der Waals surface area contributed by atoms with Crippen LogP contribution in [0.3, 0.4) is 0 Å². The van der Waals surface area contributed by atoms with Gasteiger partial charge in [-0.25, -0.2) is 19.3 Å². The third-order valence-electron chi connectivity index (χ3n) is 6.37. The second-order valence-electron chi connectivity index (χ2n) is 8.68. The van der Waals surface area contributed by atoms with Gasteiger partial charge in [0.15, 0.2) is 5.65 Å². The van der Waals surface area contributed by atoms with E-state index < -0.39 is 16.9 Å². The molecule has 0 atom stereocenters. The topological polar surface area (TPSA) is 115 Å². The van der Waals surface area contributed by atoms with Gasteiger partial charge in [-0.3, -0.25) is 19.0 Å². The van der Waals surface area contributed by atoms with Gasteiger partial charge < -0.3 is 14.8 Å². The van der Waals surface area contributed by atoms with E-state index in [4.69, 9.17) is 0 Å². The van der Waals surface area contributed by atoms with Crippen molar-refractivity contribution in [3.05, 3.63) is 56.7 Å². The summed E-state index contributed by atoms with van der Waals surface area (Å²) in [6.45, 7) is 1.80. The first kappa shape index (κ1) is 21.2. The molecule has 0 bridgehead atoms. The lowest BCUT2D eigenvalue weighted by atomic mass is 10.0. The van der Waals surface area contributed by atoms with E-state index in [9.17, 15) is 18.8 Å². The van der Waals surface area contributed by atoms with E-state index in [1.807, 2.05) is 4.90 Å². The lowest BCUT2D eigenvalue weighted by molar-refractivity contribution is 0.0951. The number of pyridine rings is 1.